The maximum atomic E-state index is 13.0. The van der Waals surface area contributed by atoms with Gasteiger partial charge >= 0.3 is 5.97 Å². The van der Waals surface area contributed by atoms with Crippen LogP contribution in [0.5, 0.6) is 0 Å². The summed E-state index contributed by atoms with van der Waals surface area (Å²) in [5.41, 5.74) is 0.148. The predicted octanol–water partition coefficient (Wildman–Crippen LogP) is 3.56. The fourth-order valence-corrected chi connectivity index (χ4v) is 2.50. The van der Waals surface area contributed by atoms with Gasteiger partial charge in [0, 0.05) is 12.8 Å². The highest BCUT2D eigenvalue weighted by Crippen LogP contribution is 2.53. The number of carboxylic acid groups (broad SMARTS) is 1. The van der Waals surface area contributed by atoms with Crippen LogP contribution in [0.1, 0.15) is 43.7 Å². The van der Waals surface area contributed by atoms with E-state index in [2.05, 4.69) is 0 Å². The highest BCUT2D eigenvalue weighted by molar-refractivity contribution is 5.83. The Balaban J connectivity index is 2.31. The summed E-state index contributed by atoms with van der Waals surface area (Å²) in [6.45, 7) is 4.05. The second kappa shape index (κ2) is 4.04. The van der Waals surface area contributed by atoms with Gasteiger partial charge in [0.2, 0.25) is 0 Å². The molecule has 98 valence electrons. The summed E-state index contributed by atoms with van der Waals surface area (Å²) in [5.74, 6) is -3.68. The summed E-state index contributed by atoms with van der Waals surface area (Å²) >= 11 is 0. The van der Waals surface area contributed by atoms with Gasteiger partial charge in [-0.15, -0.1) is 0 Å². The molecule has 1 fully saturated rings. The van der Waals surface area contributed by atoms with Crippen LogP contribution in [0.3, 0.4) is 0 Å². The van der Waals surface area contributed by atoms with Crippen molar-refractivity contribution < 1.29 is 18.7 Å². The van der Waals surface area contributed by atoms with E-state index >= 15 is 0 Å². The average Bonchev–Trinajstić information content (AvgIpc) is 2.25. The molecule has 0 amide bonds. The zero-order valence-electron chi connectivity index (χ0n) is 10.4. The molecule has 0 aromatic heterocycles. The molecular formula is C14H16F2O2. The number of carbonyl (C=O) groups is 1. The van der Waals surface area contributed by atoms with Gasteiger partial charge in [-0.2, -0.15) is 0 Å². The number of aliphatic carboxylic acids is 1. The first-order chi connectivity index (χ1) is 8.27. The van der Waals surface area contributed by atoms with Gasteiger partial charge in [0.25, 0.3) is 5.92 Å². The second-order valence-electron chi connectivity index (χ2n) is 5.37. The van der Waals surface area contributed by atoms with Crippen molar-refractivity contribution in [1.29, 1.82) is 0 Å². The largest absolute Gasteiger partial charge is 0.481 e. The van der Waals surface area contributed by atoms with Crippen LogP contribution in [0, 0.1) is 0 Å². The third kappa shape index (κ3) is 2.00. The van der Waals surface area contributed by atoms with E-state index in [1.165, 1.54) is 0 Å². The van der Waals surface area contributed by atoms with Crippen LogP contribution < -0.4 is 0 Å². The lowest BCUT2D eigenvalue weighted by atomic mass is 9.62. The number of alkyl halides is 2. The van der Waals surface area contributed by atoms with Crippen LogP contribution in [-0.4, -0.2) is 17.0 Å². The zero-order valence-corrected chi connectivity index (χ0v) is 10.4. The normalized spacial score (nSPS) is 20.5. The first-order valence-corrected chi connectivity index (χ1v) is 5.98. The van der Waals surface area contributed by atoms with E-state index in [9.17, 15) is 18.7 Å². The minimum absolute atomic E-state index is 0.336. The van der Waals surface area contributed by atoms with E-state index in [0.29, 0.717) is 11.5 Å². The van der Waals surface area contributed by atoms with Gasteiger partial charge in [-0.05, 0) is 17.0 Å². The standard InChI is InChI=1S/C14H16F2O2/c1-9(2)10-3-5-11(6-4-10)13(12(17)18)7-14(15,16)8-13/h3-6,9H,7-8H2,1-2H3,(H,17,18). The number of halogens is 2. The monoisotopic (exact) mass is 254 g/mol. The molecule has 1 aromatic rings. The Morgan fingerprint density at radius 3 is 2.06 bits per heavy atom. The molecule has 0 bridgehead atoms. The minimum Gasteiger partial charge on any atom is -0.481 e. The van der Waals surface area contributed by atoms with Crippen molar-refractivity contribution in [3.05, 3.63) is 35.4 Å². The summed E-state index contributed by atoms with van der Waals surface area (Å²) in [5, 5.41) is 9.21. The van der Waals surface area contributed by atoms with E-state index in [4.69, 9.17) is 0 Å². The lowest BCUT2D eigenvalue weighted by molar-refractivity contribution is -0.174. The SMILES string of the molecule is CC(C)c1ccc(C2(C(=O)O)CC(F)(F)C2)cc1. The molecule has 0 atom stereocenters. The first-order valence-electron chi connectivity index (χ1n) is 5.98. The van der Waals surface area contributed by atoms with E-state index < -0.39 is 30.1 Å². The van der Waals surface area contributed by atoms with Crippen molar-refractivity contribution in [1.82, 2.24) is 0 Å². The molecule has 1 saturated carbocycles. The lowest BCUT2D eigenvalue weighted by Gasteiger charge is -2.44. The number of benzene rings is 1. The molecule has 18 heavy (non-hydrogen) atoms. The Morgan fingerprint density at radius 1 is 1.22 bits per heavy atom. The van der Waals surface area contributed by atoms with Crippen molar-refractivity contribution in [3.63, 3.8) is 0 Å². The Bertz CT molecular complexity index is 455. The number of carboxylic acids is 1. The van der Waals surface area contributed by atoms with Crippen LogP contribution in [0.15, 0.2) is 24.3 Å². The highest BCUT2D eigenvalue weighted by atomic mass is 19.3. The Labute approximate surface area is 105 Å². The summed E-state index contributed by atoms with van der Waals surface area (Å²) in [4.78, 5) is 11.3. The fourth-order valence-electron chi connectivity index (χ4n) is 2.50. The molecule has 0 heterocycles. The Hall–Kier alpha value is -1.45. The van der Waals surface area contributed by atoms with Crippen LogP contribution in [0.25, 0.3) is 0 Å². The highest BCUT2D eigenvalue weighted by Gasteiger charge is 2.62. The predicted molar refractivity (Wildman–Crippen MR) is 64.0 cm³/mol. The Morgan fingerprint density at radius 2 is 1.72 bits per heavy atom. The van der Waals surface area contributed by atoms with Gasteiger partial charge < -0.3 is 5.11 Å². The average molecular weight is 254 g/mol. The first kappa shape index (κ1) is 13.0. The maximum absolute atomic E-state index is 13.0. The van der Waals surface area contributed by atoms with Crippen molar-refractivity contribution in [2.45, 2.75) is 43.9 Å². The van der Waals surface area contributed by atoms with Crippen LogP contribution in [0.4, 0.5) is 8.78 Å². The van der Waals surface area contributed by atoms with Gasteiger partial charge in [-0.1, -0.05) is 38.1 Å². The van der Waals surface area contributed by atoms with Crippen LogP contribution in [-0.2, 0) is 10.2 Å². The molecule has 1 aliphatic rings. The molecule has 1 aliphatic carbocycles. The smallest absolute Gasteiger partial charge is 0.314 e. The molecule has 2 rings (SSSR count). The molecule has 0 saturated heterocycles. The molecule has 0 aliphatic heterocycles. The van der Waals surface area contributed by atoms with Gasteiger partial charge in [-0.25, -0.2) is 8.78 Å². The lowest BCUT2D eigenvalue weighted by Crippen LogP contribution is -2.54. The molecule has 2 nitrogen and oxygen atoms in total. The van der Waals surface area contributed by atoms with Crippen LogP contribution in [0.2, 0.25) is 0 Å². The molecule has 4 heteroatoms. The molecule has 0 unspecified atom stereocenters. The summed E-state index contributed by atoms with van der Waals surface area (Å²) in [7, 11) is 0. The van der Waals surface area contributed by atoms with Crippen molar-refractivity contribution >= 4 is 5.97 Å². The maximum Gasteiger partial charge on any atom is 0.314 e. The Kier molecular flexibility index (Phi) is 2.92. The molecular weight excluding hydrogens is 238 g/mol. The third-order valence-electron chi connectivity index (χ3n) is 3.66. The fraction of sp³-hybridized carbons (Fsp3) is 0.500. The van der Waals surface area contributed by atoms with E-state index in [1.54, 1.807) is 12.1 Å². The minimum atomic E-state index is -2.85. The van der Waals surface area contributed by atoms with E-state index in [1.807, 2.05) is 26.0 Å². The molecule has 0 radical (unpaired) electrons. The summed E-state index contributed by atoms with van der Waals surface area (Å²) in [6.07, 6.45) is -1.20. The van der Waals surface area contributed by atoms with Gasteiger partial charge in [0.05, 0.1) is 0 Å². The topological polar surface area (TPSA) is 37.3 Å². The van der Waals surface area contributed by atoms with Crippen molar-refractivity contribution in [2.24, 2.45) is 0 Å². The van der Waals surface area contributed by atoms with Gasteiger partial charge in [0.1, 0.15) is 5.41 Å². The second-order valence-corrected chi connectivity index (χ2v) is 5.37. The summed E-state index contributed by atoms with van der Waals surface area (Å²) < 4.78 is 26.0. The number of hydrogen-bond donors (Lipinski definition) is 1. The third-order valence-corrected chi connectivity index (χ3v) is 3.66. The molecule has 1 N–H and O–H groups in total. The molecule has 0 spiro atoms. The van der Waals surface area contributed by atoms with E-state index in [0.717, 1.165) is 5.56 Å². The quantitative estimate of drug-likeness (QED) is 0.895. The van der Waals surface area contributed by atoms with Gasteiger partial charge in [0.15, 0.2) is 0 Å². The van der Waals surface area contributed by atoms with Gasteiger partial charge in [-0.3, -0.25) is 4.79 Å². The van der Waals surface area contributed by atoms with E-state index in [-0.39, 0.29) is 0 Å². The van der Waals surface area contributed by atoms with Crippen molar-refractivity contribution in [2.75, 3.05) is 0 Å². The summed E-state index contributed by atoms with van der Waals surface area (Å²) in [6, 6.07) is 6.97. The number of rotatable bonds is 3. The van der Waals surface area contributed by atoms with Crippen molar-refractivity contribution in [3.8, 4) is 0 Å². The van der Waals surface area contributed by atoms with Crippen LogP contribution >= 0.6 is 0 Å². The number of hydrogen-bond acceptors (Lipinski definition) is 1. The molecule has 1 aromatic carbocycles. The zero-order chi connectivity index (χ0) is 13.6.